The molecule has 2 N–H and O–H groups in total. The summed E-state index contributed by atoms with van der Waals surface area (Å²) in [5.74, 6) is 0.433. The Kier molecular flexibility index (Phi) is 10.8. The summed E-state index contributed by atoms with van der Waals surface area (Å²) in [4.78, 5) is 12.2. The number of pyridine rings is 1. The molecule has 0 bridgehead atoms. The first-order chi connectivity index (χ1) is 12.8. The van der Waals surface area contributed by atoms with Gasteiger partial charge in [0.2, 0.25) is 0 Å². The molecule has 1 heterocycles. The Balaban J connectivity index is 0.000000444. The second kappa shape index (κ2) is 13.3. The van der Waals surface area contributed by atoms with Crippen LogP contribution in [0.25, 0.3) is 0 Å². The van der Waals surface area contributed by atoms with Gasteiger partial charge in [0.15, 0.2) is 0 Å². The molecule has 0 spiro atoms. The van der Waals surface area contributed by atoms with E-state index >= 15 is 0 Å². The molecule has 0 aliphatic carbocycles. The van der Waals surface area contributed by atoms with Crippen molar-refractivity contribution in [2.45, 2.75) is 0 Å². The molecule has 2 aromatic carbocycles. The normalized spacial score (nSPS) is 10.2. The average molecular weight is 406 g/mol. The van der Waals surface area contributed by atoms with Crippen molar-refractivity contribution in [3.8, 4) is 11.5 Å². The standard InChI is InChI=1S/C16H16N2O2.C5H5N.Co/c19-15-7-3-1-5-13(15)11-17-9-10-18-12-14-6-2-4-8-16(14)20;1-2-4-6-5-3-1;/h1-8,11-12,19-20H,9-10H2;1-5H;. The van der Waals surface area contributed by atoms with E-state index in [0.717, 1.165) is 0 Å². The van der Waals surface area contributed by atoms with Crippen LogP contribution in [0.4, 0.5) is 0 Å². The molecule has 141 valence electrons. The topological polar surface area (TPSA) is 78.1 Å². The SMILES string of the molecule is Oc1ccccc1C=NCCN=Cc1ccccc1O.[Co].c1ccncc1. The Hall–Kier alpha value is -2.96. The van der Waals surface area contributed by atoms with Crippen LogP contribution in [0.3, 0.4) is 0 Å². The third kappa shape index (κ3) is 8.80. The van der Waals surface area contributed by atoms with E-state index in [2.05, 4.69) is 15.0 Å². The van der Waals surface area contributed by atoms with Gasteiger partial charge in [0, 0.05) is 52.7 Å². The maximum Gasteiger partial charge on any atom is 0.124 e. The van der Waals surface area contributed by atoms with E-state index in [1.54, 1.807) is 61.2 Å². The molecule has 6 heteroatoms. The monoisotopic (exact) mass is 406 g/mol. The van der Waals surface area contributed by atoms with Gasteiger partial charge in [0.05, 0.1) is 13.1 Å². The number of phenols is 2. The van der Waals surface area contributed by atoms with Gasteiger partial charge >= 0.3 is 0 Å². The van der Waals surface area contributed by atoms with Crippen molar-refractivity contribution in [2.24, 2.45) is 9.98 Å². The Labute approximate surface area is 169 Å². The summed E-state index contributed by atoms with van der Waals surface area (Å²) in [6.45, 7) is 1.05. The van der Waals surface area contributed by atoms with Crippen molar-refractivity contribution < 1.29 is 27.0 Å². The van der Waals surface area contributed by atoms with E-state index in [-0.39, 0.29) is 28.3 Å². The summed E-state index contributed by atoms with van der Waals surface area (Å²) in [5.41, 5.74) is 1.38. The summed E-state index contributed by atoms with van der Waals surface area (Å²) >= 11 is 0. The van der Waals surface area contributed by atoms with Gasteiger partial charge in [-0.2, -0.15) is 0 Å². The maximum atomic E-state index is 9.54. The second-order valence-corrected chi connectivity index (χ2v) is 5.21. The molecule has 1 aromatic heterocycles. The van der Waals surface area contributed by atoms with Crippen LogP contribution in [0.1, 0.15) is 11.1 Å². The molecule has 5 nitrogen and oxygen atoms in total. The number of aliphatic imine (C=N–C) groups is 2. The molecular formula is C21H21CoN3O2. The molecule has 0 unspecified atom stereocenters. The molecule has 1 radical (unpaired) electrons. The minimum Gasteiger partial charge on any atom is -0.507 e. The largest absolute Gasteiger partial charge is 0.507 e. The first-order valence-electron chi connectivity index (χ1n) is 8.18. The van der Waals surface area contributed by atoms with Gasteiger partial charge < -0.3 is 10.2 Å². The Morgan fingerprint density at radius 3 is 1.44 bits per heavy atom. The summed E-state index contributed by atoms with van der Waals surface area (Å²) < 4.78 is 0. The summed E-state index contributed by atoms with van der Waals surface area (Å²) in [6, 6.07) is 19.8. The number of benzene rings is 2. The van der Waals surface area contributed by atoms with E-state index in [4.69, 9.17) is 0 Å². The van der Waals surface area contributed by atoms with Crippen LogP contribution >= 0.6 is 0 Å². The van der Waals surface area contributed by atoms with Crippen molar-refractivity contribution >= 4 is 12.4 Å². The first-order valence-corrected chi connectivity index (χ1v) is 8.18. The van der Waals surface area contributed by atoms with Crippen molar-refractivity contribution in [1.29, 1.82) is 0 Å². The summed E-state index contributed by atoms with van der Waals surface area (Å²) in [7, 11) is 0. The maximum absolute atomic E-state index is 9.54. The van der Waals surface area contributed by atoms with Gasteiger partial charge in [-0.25, -0.2) is 0 Å². The van der Waals surface area contributed by atoms with E-state index in [1.807, 2.05) is 30.3 Å². The second-order valence-electron chi connectivity index (χ2n) is 5.21. The Morgan fingerprint density at radius 1 is 0.667 bits per heavy atom. The molecule has 0 aliphatic heterocycles. The quantitative estimate of drug-likeness (QED) is 0.501. The zero-order valence-electron chi connectivity index (χ0n) is 14.6. The number of aromatic hydroxyl groups is 2. The number of aromatic nitrogens is 1. The minimum absolute atomic E-state index is 0. The fourth-order valence-corrected chi connectivity index (χ4v) is 1.95. The van der Waals surface area contributed by atoms with Crippen LogP contribution in [-0.4, -0.2) is 40.7 Å². The molecule has 0 saturated heterocycles. The fourth-order valence-electron chi connectivity index (χ4n) is 1.95. The van der Waals surface area contributed by atoms with Crippen LogP contribution in [0.2, 0.25) is 0 Å². The number of para-hydroxylation sites is 2. The van der Waals surface area contributed by atoms with Crippen molar-refractivity contribution in [3.63, 3.8) is 0 Å². The molecule has 0 aliphatic rings. The van der Waals surface area contributed by atoms with E-state index in [0.29, 0.717) is 24.2 Å². The van der Waals surface area contributed by atoms with Crippen molar-refractivity contribution in [1.82, 2.24) is 4.98 Å². The number of hydrogen-bond donors (Lipinski definition) is 2. The van der Waals surface area contributed by atoms with Gasteiger partial charge in [0.1, 0.15) is 11.5 Å². The third-order valence-corrected chi connectivity index (χ3v) is 3.26. The van der Waals surface area contributed by atoms with Gasteiger partial charge in [-0.1, -0.05) is 30.3 Å². The zero-order chi connectivity index (χ0) is 18.5. The van der Waals surface area contributed by atoms with E-state index < -0.39 is 0 Å². The number of rotatable bonds is 5. The first kappa shape index (κ1) is 22.1. The average Bonchev–Trinajstić information content (AvgIpc) is 2.69. The molecule has 0 fully saturated rings. The third-order valence-electron chi connectivity index (χ3n) is 3.26. The van der Waals surface area contributed by atoms with Crippen LogP contribution in [-0.2, 0) is 16.8 Å². The summed E-state index contributed by atoms with van der Waals surface area (Å²) in [6.07, 6.45) is 6.76. The van der Waals surface area contributed by atoms with Crippen molar-refractivity contribution in [2.75, 3.05) is 13.1 Å². The van der Waals surface area contributed by atoms with Gasteiger partial charge in [0.25, 0.3) is 0 Å². The predicted octanol–water partition coefficient (Wildman–Crippen LogP) is 3.71. The number of hydrogen-bond acceptors (Lipinski definition) is 5. The molecule has 0 atom stereocenters. The molecule has 0 saturated carbocycles. The van der Waals surface area contributed by atoms with Crippen molar-refractivity contribution in [3.05, 3.63) is 90.3 Å². The smallest absolute Gasteiger partial charge is 0.124 e. The molecule has 27 heavy (non-hydrogen) atoms. The predicted molar refractivity (Wildman–Crippen MR) is 105 cm³/mol. The van der Waals surface area contributed by atoms with E-state index in [1.165, 1.54) is 0 Å². The van der Waals surface area contributed by atoms with Crippen LogP contribution < -0.4 is 0 Å². The fraction of sp³-hybridized carbons (Fsp3) is 0.0952. The number of phenolic OH excluding ortho intramolecular Hbond substituents is 2. The zero-order valence-corrected chi connectivity index (χ0v) is 15.7. The molecule has 3 aromatic rings. The van der Waals surface area contributed by atoms with Gasteiger partial charge in [-0.3, -0.25) is 15.0 Å². The van der Waals surface area contributed by atoms with Crippen LogP contribution in [0.15, 0.2) is 89.1 Å². The van der Waals surface area contributed by atoms with Gasteiger partial charge in [-0.05, 0) is 36.4 Å². The Morgan fingerprint density at radius 2 is 1.11 bits per heavy atom. The Bertz CT molecular complexity index is 757. The van der Waals surface area contributed by atoms with E-state index in [9.17, 15) is 10.2 Å². The molecule has 3 rings (SSSR count). The summed E-state index contributed by atoms with van der Waals surface area (Å²) in [5, 5.41) is 19.1. The minimum atomic E-state index is 0. The molecule has 0 amide bonds. The van der Waals surface area contributed by atoms with Crippen LogP contribution in [0.5, 0.6) is 11.5 Å². The van der Waals surface area contributed by atoms with Gasteiger partial charge in [-0.15, -0.1) is 0 Å². The van der Waals surface area contributed by atoms with Crippen LogP contribution in [0, 0.1) is 0 Å². The number of nitrogens with zero attached hydrogens (tertiary/aromatic N) is 3. The molecular weight excluding hydrogens is 385 g/mol.